The van der Waals surface area contributed by atoms with Crippen molar-refractivity contribution in [2.45, 2.75) is 29.9 Å². The number of hydrogen-bond acceptors (Lipinski definition) is 10. The predicted molar refractivity (Wildman–Crippen MR) is 142 cm³/mol. The minimum absolute atomic E-state index is 0.00857. The van der Waals surface area contributed by atoms with Crippen LogP contribution >= 0.6 is 0 Å². The number of benzene rings is 4. The minimum atomic E-state index is -3.93. The first-order valence-corrected chi connectivity index (χ1v) is 13.4. The number of esters is 1. The summed E-state index contributed by atoms with van der Waals surface area (Å²) in [4.78, 5) is 38.5. The molecule has 0 unspecified atom stereocenters. The van der Waals surface area contributed by atoms with E-state index in [1.807, 2.05) is 0 Å². The van der Waals surface area contributed by atoms with Gasteiger partial charge in [-0.05, 0) is 90.8 Å². The Hall–Kier alpha value is -4.75. The third-order valence-electron chi connectivity index (χ3n) is 5.88. The number of carboxylic acid groups (broad SMARTS) is 1. The van der Waals surface area contributed by atoms with E-state index in [0.29, 0.717) is 16.7 Å². The molecular weight excluding hydrogens is 556 g/mol. The van der Waals surface area contributed by atoms with Gasteiger partial charge in [0.2, 0.25) is 9.84 Å². The Balaban J connectivity index is 1.39. The van der Waals surface area contributed by atoms with E-state index < -0.39 is 21.8 Å². The van der Waals surface area contributed by atoms with Crippen molar-refractivity contribution in [1.29, 1.82) is 0 Å². The number of aromatic hydroxyl groups is 1. The van der Waals surface area contributed by atoms with Crippen molar-refractivity contribution in [3.05, 3.63) is 113 Å². The van der Waals surface area contributed by atoms with Crippen LogP contribution in [0.15, 0.2) is 94.7 Å². The van der Waals surface area contributed by atoms with E-state index in [1.54, 1.807) is 19.1 Å². The summed E-state index contributed by atoms with van der Waals surface area (Å²) in [5.74, 6) is -1.91. The molecule has 0 aromatic heterocycles. The van der Waals surface area contributed by atoms with E-state index in [-0.39, 0.29) is 51.4 Å². The average molecular weight is 581 g/mol. The Labute approximate surface area is 234 Å². The molecule has 0 atom stereocenters. The van der Waals surface area contributed by atoms with Gasteiger partial charge in [-0.25, -0.2) is 22.9 Å². The molecule has 0 aliphatic rings. The smallest absolute Gasteiger partial charge is 0.344 e. The van der Waals surface area contributed by atoms with Crippen LogP contribution in [0.25, 0.3) is 0 Å². The maximum Gasteiger partial charge on any atom is 0.344 e. The quantitative estimate of drug-likeness (QED) is 0.0951. The lowest BCUT2D eigenvalue weighted by Gasteiger charge is -2.10. The topological polar surface area (TPSA) is 166 Å². The normalized spacial score (nSPS) is 11.2. The van der Waals surface area contributed by atoms with Crippen LogP contribution in [0.3, 0.4) is 0 Å². The van der Waals surface area contributed by atoms with Gasteiger partial charge < -0.3 is 19.8 Å². The number of hydrogen-bond donors (Lipinski definition) is 3. The molecule has 12 heteroatoms. The molecule has 41 heavy (non-hydrogen) atoms. The number of ether oxygens (including phenoxy) is 1. The number of carbonyl (C=O) groups excluding carboxylic acids is 1. The molecule has 0 saturated heterocycles. The standard InChI is InChI=1S/C29H24O11S/c1-18-2-13-26(27(14-18)28(31)32)29(33)39-22-5-9-24(10-6-22)41(35,36)25-11-7-23(8-12-25)40-38-17-19-3-4-21(30)15-20(19)16-37-34/h2-15,30,34H,16-17H2,1H3,(H,31,32). The van der Waals surface area contributed by atoms with Crippen molar-refractivity contribution in [2.24, 2.45) is 0 Å². The zero-order valence-corrected chi connectivity index (χ0v) is 22.3. The van der Waals surface area contributed by atoms with E-state index in [4.69, 9.17) is 19.8 Å². The number of carboxylic acids is 1. The molecule has 4 aromatic carbocycles. The third-order valence-corrected chi connectivity index (χ3v) is 7.67. The van der Waals surface area contributed by atoms with Crippen LogP contribution < -0.4 is 9.62 Å². The first-order valence-electron chi connectivity index (χ1n) is 12.0. The molecule has 0 aliphatic carbocycles. The highest BCUT2D eigenvalue weighted by Gasteiger charge is 2.21. The van der Waals surface area contributed by atoms with Crippen LogP contribution in [0.2, 0.25) is 0 Å². The van der Waals surface area contributed by atoms with Crippen molar-refractivity contribution in [2.75, 3.05) is 0 Å². The highest BCUT2D eigenvalue weighted by atomic mass is 32.2. The summed E-state index contributed by atoms with van der Waals surface area (Å²) in [6.07, 6.45) is 0. The fourth-order valence-corrected chi connectivity index (χ4v) is 5.05. The largest absolute Gasteiger partial charge is 0.508 e. The molecule has 0 amide bonds. The van der Waals surface area contributed by atoms with Crippen LogP contribution in [-0.4, -0.2) is 35.8 Å². The van der Waals surface area contributed by atoms with E-state index >= 15 is 0 Å². The number of rotatable bonds is 11. The molecule has 0 aliphatic heterocycles. The van der Waals surface area contributed by atoms with Crippen LogP contribution in [0.5, 0.6) is 17.2 Å². The SMILES string of the molecule is Cc1ccc(C(=O)Oc2ccc(S(=O)(=O)c3ccc(OOCc4ccc(O)cc4COO)cc3)cc2)c(C(=O)O)c1. The lowest BCUT2D eigenvalue weighted by molar-refractivity contribution is -0.253. The summed E-state index contributed by atoms with van der Waals surface area (Å²) in [7, 11) is -3.93. The van der Waals surface area contributed by atoms with Gasteiger partial charge in [0.15, 0.2) is 5.75 Å². The van der Waals surface area contributed by atoms with E-state index in [2.05, 4.69) is 4.89 Å². The minimum Gasteiger partial charge on any atom is -0.508 e. The van der Waals surface area contributed by atoms with Crippen molar-refractivity contribution in [3.63, 3.8) is 0 Å². The second-order valence-electron chi connectivity index (χ2n) is 8.76. The molecule has 4 rings (SSSR count). The van der Waals surface area contributed by atoms with Gasteiger partial charge in [-0.1, -0.05) is 17.7 Å². The Bertz CT molecular complexity index is 1660. The summed E-state index contributed by atoms with van der Waals surface area (Å²) in [5, 5.41) is 27.6. The van der Waals surface area contributed by atoms with Gasteiger partial charge in [0.05, 0.1) is 20.9 Å². The molecule has 0 saturated carbocycles. The first kappa shape index (κ1) is 29.2. The molecular formula is C29H24O11S. The van der Waals surface area contributed by atoms with Gasteiger partial charge in [0.25, 0.3) is 0 Å². The predicted octanol–water partition coefficient (Wildman–Crippen LogP) is 4.95. The second kappa shape index (κ2) is 12.6. The Kier molecular flexibility index (Phi) is 9.00. The number of aromatic carboxylic acids is 1. The molecule has 4 aromatic rings. The summed E-state index contributed by atoms with van der Waals surface area (Å²) >= 11 is 0. The Morgan fingerprint density at radius 1 is 0.756 bits per heavy atom. The van der Waals surface area contributed by atoms with Gasteiger partial charge in [-0.15, -0.1) is 0 Å². The van der Waals surface area contributed by atoms with Crippen molar-refractivity contribution >= 4 is 21.8 Å². The monoisotopic (exact) mass is 580 g/mol. The lowest BCUT2D eigenvalue weighted by atomic mass is 10.0. The zero-order valence-electron chi connectivity index (χ0n) is 21.5. The van der Waals surface area contributed by atoms with Crippen molar-refractivity contribution < 1.29 is 52.9 Å². The number of carbonyl (C=O) groups is 2. The molecule has 0 fully saturated rings. The third kappa shape index (κ3) is 7.07. The van der Waals surface area contributed by atoms with E-state index in [0.717, 1.165) is 0 Å². The molecule has 0 radical (unpaired) electrons. The Morgan fingerprint density at radius 3 is 2.00 bits per heavy atom. The average Bonchev–Trinajstić information content (AvgIpc) is 2.95. The van der Waals surface area contributed by atoms with E-state index in [9.17, 15) is 28.2 Å². The van der Waals surface area contributed by atoms with Crippen LogP contribution in [-0.2, 0) is 32.8 Å². The van der Waals surface area contributed by atoms with Gasteiger partial charge in [0.1, 0.15) is 24.7 Å². The fourth-order valence-electron chi connectivity index (χ4n) is 3.79. The number of phenols is 1. The molecule has 0 spiro atoms. The summed E-state index contributed by atoms with van der Waals surface area (Å²) in [6, 6.07) is 19.3. The van der Waals surface area contributed by atoms with Crippen molar-refractivity contribution in [1.82, 2.24) is 0 Å². The van der Waals surface area contributed by atoms with Crippen molar-refractivity contribution in [3.8, 4) is 17.2 Å². The molecule has 3 N–H and O–H groups in total. The lowest BCUT2D eigenvalue weighted by Crippen LogP contribution is -2.14. The first-order chi connectivity index (χ1) is 19.6. The Morgan fingerprint density at radius 2 is 1.39 bits per heavy atom. The number of phenolic OH excluding ortho intramolecular Hbond substituents is 1. The fraction of sp³-hybridized carbons (Fsp3) is 0.103. The highest BCUT2D eigenvalue weighted by molar-refractivity contribution is 7.91. The van der Waals surface area contributed by atoms with Gasteiger partial charge >= 0.3 is 11.9 Å². The number of sulfone groups is 1. The van der Waals surface area contributed by atoms with Crippen LogP contribution in [0, 0.1) is 6.92 Å². The van der Waals surface area contributed by atoms with Gasteiger partial charge in [-0.3, -0.25) is 5.26 Å². The highest BCUT2D eigenvalue weighted by Crippen LogP contribution is 2.26. The van der Waals surface area contributed by atoms with Gasteiger partial charge in [0, 0.05) is 0 Å². The summed E-state index contributed by atoms with van der Waals surface area (Å²) < 4.78 is 31.4. The van der Waals surface area contributed by atoms with Gasteiger partial charge in [-0.2, -0.15) is 4.89 Å². The molecule has 0 heterocycles. The molecule has 212 valence electrons. The maximum atomic E-state index is 13.1. The number of aryl methyl sites for hydroxylation is 1. The zero-order chi connectivity index (χ0) is 29.6. The second-order valence-corrected chi connectivity index (χ2v) is 10.7. The van der Waals surface area contributed by atoms with Crippen LogP contribution in [0.4, 0.5) is 0 Å². The summed E-state index contributed by atoms with van der Waals surface area (Å²) in [5.41, 5.74) is 1.41. The molecule has 11 nitrogen and oxygen atoms in total. The molecule has 0 bridgehead atoms. The van der Waals surface area contributed by atoms with E-state index in [1.165, 1.54) is 72.8 Å². The summed E-state index contributed by atoms with van der Waals surface area (Å²) in [6.45, 7) is 1.49. The van der Waals surface area contributed by atoms with Crippen LogP contribution in [0.1, 0.15) is 37.4 Å². The maximum absolute atomic E-state index is 13.1.